The molecule has 0 heterocycles. The van der Waals surface area contributed by atoms with Gasteiger partial charge in [0.15, 0.2) is 0 Å². The maximum absolute atomic E-state index is 10.1. The van der Waals surface area contributed by atoms with Crippen molar-refractivity contribution < 1.29 is 54.3 Å². The van der Waals surface area contributed by atoms with Crippen LogP contribution in [-0.4, -0.2) is 87.1 Å². The predicted octanol–water partition coefficient (Wildman–Crippen LogP) is 1.13. The van der Waals surface area contributed by atoms with E-state index >= 15 is 0 Å². The van der Waals surface area contributed by atoms with Crippen molar-refractivity contribution in [2.24, 2.45) is 10.7 Å². The largest absolute Gasteiger partial charge is 0.481 e. The van der Waals surface area contributed by atoms with Gasteiger partial charge in [0, 0.05) is 66.8 Å². The van der Waals surface area contributed by atoms with E-state index in [-0.39, 0.29) is 0 Å². The fourth-order valence-electron chi connectivity index (χ4n) is 1.58. The van der Waals surface area contributed by atoms with Crippen LogP contribution in [0, 0.1) is 0 Å². The van der Waals surface area contributed by atoms with Gasteiger partial charge in [-0.05, 0) is 24.6 Å². The van der Waals surface area contributed by atoms with Crippen LogP contribution in [0.4, 0.5) is 5.69 Å². The predicted molar refractivity (Wildman–Crippen MR) is 139 cm³/mol. The fraction of sp³-hybridized carbons (Fsp3) is 0.478. The molecule has 0 spiro atoms. The Balaban J connectivity index is -0.000000148. The third-order valence-electron chi connectivity index (χ3n) is 2.53. The molecular weight excluding hydrogens is 508 g/mol. The number of carbonyl (C=O) groups excluding carboxylic acids is 1. The highest BCUT2D eigenvalue weighted by molar-refractivity contribution is 5.63. The summed E-state index contributed by atoms with van der Waals surface area (Å²) in [5, 5.41) is 43.7. The number of nitrogens with one attached hydrogen (secondary N) is 2. The summed E-state index contributed by atoms with van der Waals surface area (Å²) in [7, 11) is 0. The fourth-order valence-corrected chi connectivity index (χ4v) is 1.58. The first-order chi connectivity index (χ1) is 17.4. The molecule has 0 aliphatic heterocycles. The highest BCUT2D eigenvalue weighted by atomic mass is 16.4. The second-order valence-corrected chi connectivity index (χ2v) is 6.74. The minimum atomic E-state index is -0.833. The third-order valence-corrected chi connectivity index (χ3v) is 2.53. The SMILES string of the molecule is CC(=O)O.CC(=O)O.CC(=O)O.CC(=O)O.CC(=O)O.CC(CNCc1ccc(N=C=O)cc1)NCCN. The molecule has 9 N–H and O–H groups in total. The Bertz CT molecular complexity index is 735. The van der Waals surface area contributed by atoms with Gasteiger partial charge in [0.1, 0.15) is 0 Å². The van der Waals surface area contributed by atoms with E-state index in [2.05, 4.69) is 22.5 Å². The van der Waals surface area contributed by atoms with Crippen LogP contribution in [0.2, 0.25) is 0 Å². The lowest BCUT2D eigenvalue weighted by Gasteiger charge is -2.14. The lowest BCUT2D eigenvalue weighted by atomic mass is 10.2. The lowest BCUT2D eigenvalue weighted by molar-refractivity contribution is -0.135. The Morgan fingerprint density at radius 3 is 1.45 bits per heavy atom. The van der Waals surface area contributed by atoms with Crippen LogP contribution < -0.4 is 16.4 Å². The monoisotopic (exact) mass is 548 g/mol. The molecule has 1 atom stereocenters. The first-order valence-corrected chi connectivity index (χ1v) is 10.7. The van der Waals surface area contributed by atoms with Gasteiger partial charge < -0.3 is 41.9 Å². The summed E-state index contributed by atoms with van der Waals surface area (Å²) < 4.78 is 0. The standard InChI is InChI=1S/C13H20N4O.5C2H4O2/c1-11(16-7-6-14)8-15-9-12-2-4-13(5-3-12)17-10-18;5*1-2(3)4/h2-5,11,15-16H,6-9,14H2,1H3;5*1H3,(H,3,4). The quantitative estimate of drug-likeness (QED) is 0.167. The van der Waals surface area contributed by atoms with E-state index in [4.69, 9.17) is 55.2 Å². The number of carbonyl (C=O) groups is 5. The zero-order valence-corrected chi connectivity index (χ0v) is 22.4. The molecule has 1 unspecified atom stereocenters. The van der Waals surface area contributed by atoms with Crippen molar-refractivity contribution in [3.05, 3.63) is 29.8 Å². The normalized spacial score (nSPS) is 8.92. The molecule has 15 heteroatoms. The van der Waals surface area contributed by atoms with Crippen molar-refractivity contribution in [3.8, 4) is 0 Å². The van der Waals surface area contributed by atoms with Gasteiger partial charge in [-0.15, -0.1) is 0 Å². The Hall–Kier alpha value is -4.17. The van der Waals surface area contributed by atoms with Gasteiger partial charge in [-0.25, -0.2) is 4.79 Å². The molecule has 0 radical (unpaired) electrons. The molecule has 0 aliphatic carbocycles. The molecule has 38 heavy (non-hydrogen) atoms. The maximum Gasteiger partial charge on any atom is 0.300 e. The highest BCUT2D eigenvalue weighted by Gasteiger charge is 1.99. The van der Waals surface area contributed by atoms with Crippen molar-refractivity contribution in [2.45, 2.75) is 54.1 Å². The summed E-state index contributed by atoms with van der Waals surface area (Å²) in [6, 6.07) is 7.89. The molecule has 0 bridgehead atoms. The number of nitrogens with zero attached hydrogens (tertiary/aromatic N) is 1. The number of hydrogen-bond acceptors (Lipinski definition) is 10. The molecule has 15 nitrogen and oxygen atoms in total. The molecule has 0 saturated carbocycles. The van der Waals surface area contributed by atoms with E-state index in [1.165, 1.54) is 6.08 Å². The average molecular weight is 549 g/mol. The molecule has 0 fully saturated rings. The van der Waals surface area contributed by atoms with Gasteiger partial charge in [0.05, 0.1) is 5.69 Å². The minimum Gasteiger partial charge on any atom is -0.481 e. The zero-order chi connectivity index (χ0) is 31.1. The van der Waals surface area contributed by atoms with Crippen molar-refractivity contribution in [3.63, 3.8) is 0 Å². The van der Waals surface area contributed by atoms with Gasteiger partial charge in [0.25, 0.3) is 29.8 Å². The van der Waals surface area contributed by atoms with E-state index in [1.807, 2.05) is 12.1 Å². The maximum atomic E-state index is 10.1. The summed E-state index contributed by atoms with van der Waals surface area (Å²) >= 11 is 0. The number of aliphatic carboxylic acids is 5. The van der Waals surface area contributed by atoms with Crippen molar-refractivity contribution >= 4 is 41.6 Å². The topological polar surface area (TPSA) is 266 Å². The molecule has 0 aromatic heterocycles. The molecule has 218 valence electrons. The van der Waals surface area contributed by atoms with Crippen LogP contribution >= 0.6 is 0 Å². The Morgan fingerprint density at radius 1 is 0.816 bits per heavy atom. The van der Waals surface area contributed by atoms with Crippen molar-refractivity contribution in [2.75, 3.05) is 19.6 Å². The number of aliphatic imine (C=N–C) groups is 1. The second-order valence-electron chi connectivity index (χ2n) is 6.74. The van der Waals surface area contributed by atoms with Gasteiger partial charge in [-0.3, -0.25) is 24.0 Å². The summed E-state index contributed by atoms with van der Waals surface area (Å²) in [6.45, 7) is 10.7. The summed E-state index contributed by atoms with van der Waals surface area (Å²) in [4.78, 5) is 58.6. The number of rotatable bonds is 8. The van der Waals surface area contributed by atoms with Crippen LogP contribution in [0.3, 0.4) is 0 Å². The van der Waals surface area contributed by atoms with Gasteiger partial charge in [-0.2, -0.15) is 4.99 Å². The van der Waals surface area contributed by atoms with Gasteiger partial charge in [0.2, 0.25) is 6.08 Å². The van der Waals surface area contributed by atoms with E-state index in [0.717, 1.165) is 59.8 Å². The molecule has 1 rings (SSSR count). The number of carboxylic acid groups (broad SMARTS) is 5. The van der Waals surface area contributed by atoms with Crippen molar-refractivity contribution in [1.82, 2.24) is 10.6 Å². The van der Waals surface area contributed by atoms with Crippen LogP contribution in [0.5, 0.6) is 0 Å². The smallest absolute Gasteiger partial charge is 0.300 e. The first-order valence-electron chi connectivity index (χ1n) is 10.7. The number of isocyanates is 1. The Morgan fingerprint density at radius 2 is 1.16 bits per heavy atom. The van der Waals surface area contributed by atoms with Crippen LogP contribution in [0.1, 0.15) is 47.1 Å². The molecule has 0 aliphatic rings. The minimum absolute atomic E-state index is 0.396. The summed E-state index contributed by atoms with van der Waals surface area (Å²) in [5.41, 5.74) is 7.21. The van der Waals surface area contributed by atoms with Gasteiger partial charge >= 0.3 is 0 Å². The van der Waals surface area contributed by atoms with Gasteiger partial charge in [-0.1, -0.05) is 12.1 Å². The van der Waals surface area contributed by atoms with E-state index in [0.29, 0.717) is 18.3 Å². The van der Waals surface area contributed by atoms with Crippen LogP contribution in [-0.2, 0) is 35.3 Å². The Kier molecular flexibility index (Phi) is 37.9. The Labute approximate surface area is 221 Å². The lowest BCUT2D eigenvalue weighted by Crippen LogP contribution is -2.38. The number of nitrogens with two attached hydrogens (primary N) is 1. The van der Waals surface area contributed by atoms with Crippen molar-refractivity contribution in [1.29, 1.82) is 0 Å². The highest BCUT2D eigenvalue weighted by Crippen LogP contribution is 2.11. The second kappa shape index (κ2) is 32.8. The van der Waals surface area contributed by atoms with E-state index in [9.17, 15) is 4.79 Å². The molecular formula is C23H40N4O11. The molecule has 1 aromatic carbocycles. The first kappa shape index (κ1) is 43.9. The number of carboxylic acids is 5. The molecule has 0 saturated heterocycles. The van der Waals surface area contributed by atoms with Crippen LogP contribution in [0.15, 0.2) is 29.3 Å². The zero-order valence-electron chi connectivity index (χ0n) is 22.4. The number of benzene rings is 1. The molecule has 1 aromatic rings. The average Bonchev–Trinajstić information content (AvgIpc) is 2.72. The van der Waals surface area contributed by atoms with E-state index in [1.54, 1.807) is 12.1 Å². The summed E-state index contributed by atoms with van der Waals surface area (Å²) in [5.74, 6) is -4.17. The summed E-state index contributed by atoms with van der Waals surface area (Å²) in [6.07, 6.45) is 1.52. The van der Waals surface area contributed by atoms with Crippen LogP contribution in [0.25, 0.3) is 0 Å². The molecule has 0 amide bonds. The number of hydrogen-bond donors (Lipinski definition) is 8. The van der Waals surface area contributed by atoms with E-state index < -0.39 is 29.8 Å². The third kappa shape index (κ3) is 85.3.